The Morgan fingerprint density at radius 2 is 1.95 bits per heavy atom. The second kappa shape index (κ2) is 6.17. The Labute approximate surface area is 118 Å². The number of rotatable bonds is 2. The zero-order valence-electron chi connectivity index (χ0n) is 11.6. The molecule has 0 bridgehead atoms. The number of aromatic nitrogens is 2. The van der Waals surface area contributed by atoms with Gasteiger partial charge in [-0.1, -0.05) is 0 Å². The smallest absolute Gasteiger partial charge is 0.227 e. The largest absolute Gasteiger partial charge is 0.378 e. The number of nitrogens with zero attached hydrogens (tertiary/aromatic N) is 4. The Bertz CT molecular complexity index is 448. The fraction of sp³-hybridized carbons (Fsp3) is 0.643. The summed E-state index contributed by atoms with van der Waals surface area (Å²) in [6.07, 6.45) is 5.46. The maximum absolute atomic E-state index is 12.5. The van der Waals surface area contributed by atoms with E-state index in [2.05, 4.69) is 14.9 Å². The predicted molar refractivity (Wildman–Crippen MR) is 74.4 cm³/mol. The second-order valence-corrected chi connectivity index (χ2v) is 5.27. The van der Waals surface area contributed by atoms with Crippen LogP contribution in [0.2, 0.25) is 0 Å². The summed E-state index contributed by atoms with van der Waals surface area (Å²) in [5.74, 6) is 1.05. The van der Waals surface area contributed by atoms with Crippen LogP contribution in [-0.2, 0) is 9.53 Å². The van der Waals surface area contributed by atoms with E-state index in [1.165, 1.54) is 0 Å². The van der Waals surface area contributed by atoms with Gasteiger partial charge in [0.2, 0.25) is 11.9 Å². The third-order valence-electron chi connectivity index (χ3n) is 3.93. The molecule has 6 heteroatoms. The quantitative estimate of drug-likeness (QED) is 0.789. The van der Waals surface area contributed by atoms with E-state index in [1.807, 2.05) is 11.0 Å². The minimum atomic E-state index is 0.0608. The Hall–Kier alpha value is -1.69. The molecular weight excluding hydrogens is 256 g/mol. The summed E-state index contributed by atoms with van der Waals surface area (Å²) in [6.45, 7) is 4.40. The zero-order chi connectivity index (χ0) is 13.8. The van der Waals surface area contributed by atoms with Gasteiger partial charge in [-0.25, -0.2) is 9.97 Å². The molecule has 0 saturated carbocycles. The molecule has 1 unspecified atom stereocenters. The van der Waals surface area contributed by atoms with Crippen LogP contribution in [0.3, 0.4) is 0 Å². The van der Waals surface area contributed by atoms with Gasteiger partial charge in [0.25, 0.3) is 0 Å². The van der Waals surface area contributed by atoms with Crippen LogP contribution >= 0.6 is 0 Å². The number of carbonyl (C=O) groups is 1. The maximum atomic E-state index is 12.5. The van der Waals surface area contributed by atoms with Crippen LogP contribution in [0.15, 0.2) is 18.5 Å². The summed E-state index contributed by atoms with van der Waals surface area (Å²) < 4.78 is 5.30. The minimum Gasteiger partial charge on any atom is -0.378 e. The highest BCUT2D eigenvalue weighted by molar-refractivity contribution is 5.79. The van der Waals surface area contributed by atoms with E-state index in [4.69, 9.17) is 4.74 Å². The van der Waals surface area contributed by atoms with Crippen molar-refractivity contribution in [1.82, 2.24) is 14.9 Å². The molecule has 1 amide bonds. The van der Waals surface area contributed by atoms with Crippen molar-refractivity contribution in [2.24, 2.45) is 5.92 Å². The van der Waals surface area contributed by atoms with Gasteiger partial charge in [0.15, 0.2) is 0 Å². The first-order valence-corrected chi connectivity index (χ1v) is 7.23. The van der Waals surface area contributed by atoms with Gasteiger partial charge >= 0.3 is 0 Å². The standard InChI is InChI=1S/C14H20N4O2/c19-13(17-7-9-20-10-8-17)12-3-1-6-18(11-12)14-15-4-2-5-16-14/h2,4-5,12H,1,3,6-11H2. The number of hydrogen-bond acceptors (Lipinski definition) is 5. The van der Waals surface area contributed by atoms with E-state index in [0.717, 1.165) is 45.0 Å². The molecule has 108 valence electrons. The number of carbonyl (C=O) groups excluding carboxylic acids is 1. The lowest BCUT2D eigenvalue weighted by Gasteiger charge is -2.36. The number of ether oxygens (including phenoxy) is 1. The molecule has 2 aliphatic rings. The molecular formula is C14H20N4O2. The summed E-state index contributed by atoms with van der Waals surface area (Å²) in [5, 5.41) is 0. The molecule has 2 fully saturated rings. The summed E-state index contributed by atoms with van der Waals surface area (Å²) in [5.41, 5.74) is 0. The minimum absolute atomic E-state index is 0.0608. The Morgan fingerprint density at radius 1 is 1.20 bits per heavy atom. The molecule has 2 saturated heterocycles. The monoisotopic (exact) mass is 276 g/mol. The lowest BCUT2D eigenvalue weighted by molar-refractivity contribution is -0.139. The van der Waals surface area contributed by atoms with Crippen LogP contribution in [0.25, 0.3) is 0 Å². The Morgan fingerprint density at radius 3 is 2.70 bits per heavy atom. The van der Waals surface area contributed by atoms with Crippen LogP contribution in [0.1, 0.15) is 12.8 Å². The number of anilines is 1. The van der Waals surface area contributed by atoms with E-state index < -0.39 is 0 Å². The van der Waals surface area contributed by atoms with Gasteiger partial charge in [-0.15, -0.1) is 0 Å². The first kappa shape index (κ1) is 13.3. The van der Waals surface area contributed by atoms with Crippen molar-refractivity contribution in [3.63, 3.8) is 0 Å². The number of morpholine rings is 1. The van der Waals surface area contributed by atoms with Crippen molar-refractivity contribution < 1.29 is 9.53 Å². The molecule has 2 aliphatic heterocycles. The molecule has 1 atom stereocenters. The summed E-state index contributed by atoms with van der Waals surface area (Å²) in [7, 11) is 0. The van der Waals surface area contributed by atoms with E-state index in [9.17, 15) is 4.79 Å². The number of hydrogen-bond donors (Lipinski definition) is 0. The molecule has 0 N–H and O–H groups in total. The molecule has 0 aliphatic carbocycles. The van der Waals surface area contributed by atoms with Crippen LogP contribution in [0.5, 0.6) is 0 Å². The van der Waals surface area contributed by atoms with Gasteiger partial charge < -0.3 is 14.5 Å². The van der Waals surface area contributed by atoms with Gasteiger partial charge in [0.1, 0.15) is 0 Å². The SMILES string of the molecule is O=C(C1CCCN(c2ncccn2)C1)N1CCOCC1. The maximum Gasteiger partial charge on any atom is 0.227 e. The lowest BCUT2D eigenvalue weighted by Crippen LogP contribution is -2.48. The average Bonchev–Trinajstić information content (AvgIpc) is 2.56. The van der Waals surface area contributed by atoms with Crippen molar-refractivity contribution >= 4 is 11.9 Å². The van der Waals surface area contributed by atoms with E-state index in [1.54, 1.807) is 12.4 Å². The molecule has 3 rings (SSSR count). The molecule has 0 radical (unpaired) electrons. The summed E-state index contributed by atoms with van der Waals surface area (Å²) in [6, 6.07) is 1.81. The fourth-order valence-corrected chi connectivity index (χ4v) is 2.86. The summed E-state index contributed by atoms with van der Waals surface area (Å²) in [4.78, 5) is 25.1. The van der Waals surface area contributed by atoms with E-state index in [0.29, 0.717) is 13.2 Å². The van der Waals surface area contributed by atoms with Gasteiger partial charge in [-0.2, -0.15) is 0 Å². The van der Waals surface area contributed by atoms with E-state index >= 15 is 0 Å². The Kier molecular flexibility index (Phi) is 4.11. The Balaban J connectivity index is 1.64. The molecule has 0 spiro atoms. The van der Waals surface area contributed by atoms with Crippen LogP contribution in [0, 0.1) is 5.92 Å². The van der Waals surface area contributed by atoms with Gasteiger partial charge in [-0.05, 0) is 18.9 Å². The third-order valence-corrected chi connectivity index (χ3v) is 3.93. The molecule has 20 heavy (non-hydrogen) atoms. The molecule has 6 nitrogen and oxygen atoms in total. The molecule has 1 aromatic heterocycles. The number of piperidine rings is 1. The summed E-state index contributed by atoms with van der Waals surface area (Å²) >= 11 is 0. The molecule has 0 aromatic carbocycles. The van der Waals surface area contributed by atoms with Crippen molar-refractivity contribution in [3.05, 3.63) is 18.5 Å². The molecule has 3 heterocycles. The van der Waals surface area contributed by atoms with Crippen molar-refractivity contribution in [2.45, 2.75) is 12.8 Å². The third kappa shape index (κ3) is 2.90. The van der Waals surface area contributed by atoms with Gasteiger partial charge in [0, 0.05) is 38.6 Å². The van der Waals surface area contributed by atoms with Crippen LogP contribution in [0.4, 0.5) is 5.95 Å². The highest BCUT2D eigenvalue weighted by Crippen LogP contribution is 2.22. The van der Waals surface area contributed by atoms with Crippen molar-refractivity contribution in [1.29, 1.82) is 0 Å². The van der Waals surface area contributed by atoms with Crippen LogP contribution < -0.4 is 4.90 Å². The highest BCUT2D eigenvalue weighted by atomic mass is 16.5. The van der Waals surface area contributed by atoms with Crippen molar-refractivity contribution in [3.8, 4) is 0 Å². The zero-order valence-corrected chi connectivity index (χ0v) is 11.6. The first-order chi connectivity index (χ1) is 9.84. The predicted octanol–water partition coefficient (Wildman–Crippen LogP) is 0.552. The first-order valence-electron chi connectivity index (χ1n) is 7.23. The second-order valence-electron chi connectivity index (χ2n) is 5.27. The molecule has 1 aromatic rings. The average molecular weight is 276 g/mol. The van der Waals surface area contributed by atoms with Gasteiger partial charge in [-0.3, -0.25) is 4.79 Å². The normalized spacial score (nSPS) is 23.7. The van der Waals surface area contributed by atoms with Crippen LogP contribution in [-0.4, -0.2) is 60.2 Å². The fourth-order valence-electron chi connectivity index (χ4n) is 2.86. The topological polar surface area (TPSA) is 58.6 Å². The van der Waals surface area contributed by atoms with Crippen molar-refractivity contribution in [2.75, 3.05) is 44.3 Å². The lowest BCUT2D eigenvalue weighted by atomic mass is 9.96. The highest BCUT2D eigenvalue weighted by Gasteiger charge is 2.30. The number of amides is 1. The van der Waals surface area contributed by atoms with E-state index in [-0.39, 0.29) is 11.8 Å². The van der Waals surface area contributed by atoms with Gasteiger partial charge in [0.05, 0.1) is 19.1 Å².